The molecule has 0 radical (unpaired) electrons. The van der Waals surface area contributed by atoms with E-state index in [1.54, 1.807) is 6.07 Å². The molecule has 4 nitrogen and oxygen atoms in total. The maximum absolute atomic E-state index is 13.4. The van der Waals surface area contributed by atoms with Crippen molar-refractivity contribution < 1.29 is 14.3 Å². The lowest BCUT2D eigenvalue weighted by molar-refractivity contribution is -0.131. The van der Waals surface area contributed by atoms with Crippen LogP contribution in [0.3, 0.4) is 0 Å². The minimum atomic E-state index is -1.09. The highest BCUT2D eigenvalue weighted by Crippen LogP contribution is 2.24. The number of benzene rings is 1. The molecule has 1 aromatic carbocycles. The highest BCUT2D eigenvalue weighted by atomic mass is 19.1. The van der Waals surface area contributed by atoms with E-state index < -0.39 is 11.8 Å². The molecule has 0 aromatic heterocycles. The van der Waals surface area contributed by atoms with Gasteiger partial charge in [0.25, 0.3) is 0 Å². The van der Waals surface area contributed by atoms with E-state index in [-0.39, 0.29) is 0 Å². The van der Waals surface area contributed by atoms with E-state index in [0.29, 0.717) is 31.0 Å². The second kappa shape index (κ2) is 8.05. The van der Waals surface area contributed by atoms with Gasteiger partial charge >= 0.3 is 5.97 Å². The molecule has 1 rings (SSSR count). The van der Waals surface area contributed by atoms with E-state index in [1.165, 1.54) is 18.2 Å². The van der Waals surface area contributed by atoms with E-state index in [4.69, 9.17) is 10.4 Å². The SMILES string of the molecule is CC(C)CN(CCC#N)c1ccc(F)cc1C=CC(=O)O. The van der Waals surface area contributed by atoms with Crippen LogP contribution in [0, 0.1) is 23.1 Å². The summed E-state index contributed by atoms with van der Waals surface area (Å²) in [6.07, 6.45) is 2.71. The number of carboxylic acid groups (broad SMARTS) is 1. The minimum absolute atomic E-state index is 0.353. The van der Waals surface area contributed by atoms with Crippen LogP contribution in [-0.2, 0) is 4.79 Å². The molecule has 21 heavy (non-hydrogen) atoms. The molecular weight excluding hydrogens is 271 g/mol. The molecule has 0 atom stereocenters. The molecule has 0 heterocycles. The summed E-state index contributed by atoms with van der Waals surface area (Å²) in [6, 6.07) is 6.36. The number of hydrogen-bond donors (Lipinski definition) is 1. The molecule has 0 fully saturated rings. The molecule has 0 bridgehead atoms. The maximum Gasteiger partial charge on any atom is 0.328 e. The molecule has 0 aliphatic carbocycles. The van der Waals surface area contributed by atoms with Gasteiger partial charge in [-0.15, -0.1) is 0 Å². The Labute approximate surface area is 124 Å². The van der Waals surface area contributed by atoms with Gasteiger partial charge in [0.1, 0.15) is 5.82 Å². The molecule has 1 aromatic rings. The van der Waals surface area contributed by atoms with E-state index in [1.807, 2.05) is 4.90 Å². The molecule has 112 valence electrons. The van der Waals surface area contributed by atoms with Crippen molar-refractivity contribution in [2.75, 3.05) is 18.0 Å². The smallest absolute Gasteiger partial charge is 0.328 e. The Morgan fingerprint density at radius 1 is 1.52 bits per heavy atom. The highest BCUT2D eigenvalue weighted by molar-refractivity contribution is 5.87. The summed E-state index contributed by atoms with van der Waals surface area (Å²) < 4.78 is 13.4. The lowest BCUT2D eigenvalue weighted by atomic mass is 10.1. The number of aliphatic carboxylic acids is 1. The third kappa shape index (κ3) is 5.65. The monoisotopic (exact) mass is 290 g/mol. The molecule has 0 amide bonds. The first-order valence-electron chi connectivity index (χ1n) is 6.76. The zero-order valence-electron chi connectivity index (χ0n) is 12.2. The average molecular weight is 290 g/mol. The van der Waals surface area contributed by atoms with Crippen LogP contribution in [0.15, 0.2) is 24.3 Å². The van der Waals surface area contributed by atoms with Crippen LogP contribution < -0.4 is 4.90 Å². The first kappa shape index (κ1) is 16.7. The Morgan fingerprint density at radius 3 is 2.81 bits per heavy atom. The number of carboxylic acids is 1. The minimum Gasteiger partial charge on any atom is -0.478 e. The van der Waals surface area contributed by atoms with Crippen LogP contribution in [0.25, 0.3) is 6.08 Å². The quantitative estimate of drug-likeness (QED) is 0.783. The number of rotatable bonds is 7. The lowest BCUT2D eigenvalue weighted by Crippen LogP contribution is -2.29. The Kier molecular flexibility index (Phi) is 6.41. The standard InChI is InChI=1S/C16H19FN2O2/c1-12(2)11-19(9-3-8-18)15-6-5-14(17)10-13(15)4-7-16(20)21/h4-7,10,12H,3,9,11H2,1-2H3,(H,20,21). The van der Waals surface area contributed by atoms with Crippen molar-refractivity contribution in [2.24, 2.45) is 5.92 Å². The van der Waals surface area contributed by atoms with Gasteiger partial charge in [-0.1, -0.05) is 13.8 Å². The van der Waals surface area contributed by atoms with Gasteiger partial charge < -0.3 is 10.0 Å². The fraction of sp³-hybridized carbons (Fsp3) is 0.375. The van der Waals surface area contributed by atoms with Crippen LogP contribution >= 0.6 is 0 Å². The second-order valence-corrected chi connectivity index (χ2v) is 5.12. The molecule has 0 aliphatic heterocycles. The molecule has 1 N–H and O–H groups in total. The predicted octanol–water partition coefficient (Wildman–Crippen LogP) is 3.30. The van der Waals surface area contributed by atoms with Crippen molar-refractivity contribution in [1.82, 2.24) is 0 Å². The number of anilines is 1. The van der Waals surface area contributed by atoms with Gasteiger partial charge in [-0.25, -0.2) is 9.18 Å². The third-order valence-electron chi connectivity index (χ3n) is 2.81. The van der Waals surface area contributed by atoms with Crippen LogP contribution in [0.4, 0.5) is 10.1 Å². The van der Waals surface area contributed by atoms with Crippen molar-refractivity contribution >= 4 is 17.7 Å². The molecule has 0 saturated carbocycles. The number of nitriles is 1. The fourth-order valence-electron chi connectivity index (χ4n) is 2.04. The summed E-state index contributed by atoms with van der Waals surface area (Å²) in [5, 5.41) is 17.5. The van der Waals surface area contributed by atoms with Gasteiger partial charge in [-0.05, 0) is 30.2 Å². The van der Waals surface area contributed by atoms with Gasteiger partial charge in [0.2, 0.25) is 0 Å². The van der Waals surface area contributed by atoms with Crippen LogP contribution in [-0.4, -0.2) is 24.2 Å². The third-order valence-corrected chi connectivity index (χ3v) is 2.81. The molecule has 0 saturated heterocycles. The van der Waals surface area contributed by atoms with Crippen molar-refractivity contribution in [1.29, 1.82) is 5.26 Å². The number of carbonyl (C=O) groups is 1. The van der Waals surface area contributed by atoms with Crippen molar-refractivity contribution in [3.63, 3.8) is 0 Å². The van der Waals surface area contributed by atoms with Crippen molar-refractivity contribution in [3.8, 4) is 6.07 Å². The fourth-order valence-corrected chi connectivity index (χ4v) is 2.04. The second-order valence-electron chi connectivity index (χ2n) is 5.12. The summed E-state index contributed by atoms with van der Waals surface area (Å²) in [6.45, 7) is 5.33. The first-order valence-corrected chi connectivity index (χ1v) is 6.76. The van der Waals surface area contributed by atoms with Gasteiger partial charge in [-0.2, -0.15) is 5.26 Å². The van der Waals surface area contributed by atoms with Crippen LogP contribution in [0.5, 0.6) is 0 Å². The number of halogens is 1. The largest absolute Gasteiger partial charge is 0.478 e. The summed E-state index contributed by atoms with van der Waals surface area (Å²) in [7, 11) is 0. The number of nitrogens with zero attached hydrogens (tertiary/aromatic N) is 2. The Morgan fingerprint density at radius 2 is 2.24 bits per heavy atom. The van der Waals surface area contributed by atoms with E-state index in [2.05, 4.69) is 19.9 Å². The van der Waals surface area contributed by atoms with Crippen LogP contribution in [0.1, 0.15) is 25.8 Å². The van der Waals surface area contributed by atoms with Crippen molar-refractivity contribution in [3.05, 3.63) is 35.7 Å². The molecule has 0 aliphatic rings. The van der Waals surface area contributed by atoms with E-state index in [0.717, 1.165) is 11.8 Å². The first-order chi connectivity index (χ1) is 9.93. The maximum atomic E-state index is 13.4. The normalized spacial score (nSPS) is 10.8. The Bertz CT molecular complexity index is 562. The Balaban J connectivity index is 3.16. The lowest BCUT2D eigenvalue weighted by Gasteiger charge is -2.27. The zero-order chi connectivity index (χ0) is 15.8. The van der Waals surface area contributed by atoms with Gasteiger partial charge in [-0.3, -0.25) is 0 Å². The van der Waals surface area contributed by atoms with Crippen molar-refractivity contribution in [2.45, 2.75) is 20.3 Å². The van der Waals surface area contributed by atoms with Gasteiger partial charge in [0.05, 0.1) is 12.5 Å². The van der Waals surface area contributed by atoms with Crippen LogP contribution in [0.2, 0.25) is 0 Å². The van der Waals surface area contributed by atoms with Gasteiger partial charge in [0, 0.05) is 30.4 Å². The molecule has 5 heteroatoms. The summed E-state index contributed by atoms with van der Waals surface area (Å²) >= 11 is 0. The Hall–Kier alpha value is -2.35. The van der Waals surface area contributed by atoms with Gasteiger partial charge in [0.15, 0.2) is 0 Å². The zero-order valence-corrected chi connectivity index (χ0v) is 12.2. The molecule has 0 unspecified atom stereocenters. The topological polar surface area (TPSA) is 64.3 Å². The van der Waals surface area contributed by atoms with E-state index in [9.17, 15) is 9.18 Å². The molecular formula is C16H19FN2O2. The summed E-state index contributed by atoms with van der Waals surface area (Å²) in [5.41, 5.74) is 1.23. The molecule has 0 spiro atoms. The average Bonchev–Trinajstić information content (AvgIpc) is 2.41. The summed E-state index contributed by atoms with van der Waals surface area (Å²) in [4.78, 5) is 12.6. The predicted molar refractivity (Wildman–Crippen MR) is 80.4 cm³/mol. The number of hydrogen-bond acceptors (Lipinski definition) is 3. The highest BCUT2D eigenvalue weighted by Gasteiger charge is 2.12. The van der Waals surface area contributed by atoms with E-state index >= 15 is 0 Å². The summed E-state index contributed by atoms with van der Waals surface area (Å²) in [5.74, 6) is -1.14.